The molecule has 0 saturated heterocycles. The zero-order valence-corrected chi connectivity index (χ0v) is 23.9. The fourth-order valence-corrected chi connectivity index (χ4v) is 5.18. The fraction of sp³-hybridized carbons (Fsp3) is 0.333. The highest BCUT2D eigenvalue weighted by molar-refractivity contribution is 9.10. The van der Waals surface area contributed by atoms with Crippen molar-refractivity contribution in [3.63, 3.8) is 0 Å². The first kappa shape index (κ1) is 28.0. The number of rotatable bonds is 10. The Kier molecular flexibility index (Phi) is 10.2. The van der Waals surface area contributed by atoms with Gasteiger partial charge in [0.15, 0.2) is 0 Å². The molecule has 3 rings (SSSR count). The molecule has 0 spiro atoms. The summed E-state index contributed by atoms with van der Waals surface area (Å²) in [5.41, 5.74) is 3.99. The molecule has 3 aromatic rings. The van der Waals surface area contributed by atoms with Crippen molar-refractivity contribution >= 4 is 39.5 Å². The van der Waals surface area contributed by atoms with E-state index in [1.165, 1.54) is 11.1 Å². The average Bonchev–Trinajstić information content (AvgIpc) is 2.82. The van der Waals surface area contributed by atoms with Gasteiger partial charge in [-0.25, -0.2) is 0 Å². The van der Waals surface area contributed by atoms with Gasteiger partial charge in [0, 0.05) is 28.7 Å². The first-order chi connectivity index (χ1) is 17.1. The van der Waals surface area contributed by atoms with Crippen molar-refractivity contribution in [2.45, 2.75) is 58.0 Å². The predicted octanol–water partition coefficient (Wildman–Crippen LogP) is 6.55. The van der Waals surface area contributed by atoms with E-state index in [0.29, 0.717) is 18.7 Å². The number of amides is 2. The molecule has 0 aliphatic rings. The summed E-state index contributed by atoms with van der Waals surface area (Å²) in [4.78, 5) is 29.0. The van der Waals surface area contributed by atoms with Crippen molar-refractivity contribution < 1.29 is 9.59 Å². The summed E-state index contributed by atoms with van der Waals surface area (Å²) < 4.78 is 0.944. The van der Waals surface area contributed by atoms with Gasteiger partial charge >= 0.3 is 0 Å². The molecule has 0 fully saturated rings. The van der Waals surface area contributed by atoms with Gasteiger partial charge in [0.05, 0.1) is 5.75 Å². The van der Waals surface area contributed by atoms with Gasteiger partial charge in [-0.15, -0.1) is 11.8 Å². The minimum atomic E-state index is -0.627. The lowest BCUT2D eigenvalue weighted by atomic mass is 10.0. The number of thioether (sulfide) groups is 1. The SMILES string of the molecule is Cc1ccc(CSCC(=O)N(Cc2cccc(Br)c2)[C@@H](Cc2ccccc2)C(=O)NC(C)(C)C)cc1. The molecule has 1 atom stereocenters. The molecule has 0 aromatic heterocycles. The first-order valence-corrected chi connectivity index (χ1v) is 14.1. The summed E-state index contributed by atoms with van der Waals surface area (Å²) in [6, 6.07) is 25.5. The van der Waals surface area contributed by atoms with E-state index in [9.17, 15) is 9.59 Å². The van der Waals surface area contributed by atoms with Gasteiger partial charge in [-0.05, 0) is 56.5 Å². The molecule has 2 amide bonds. The van der Waals surface area contributed by atoms with Crippen molar-refractivity contribution in [2.75, 3.05) is 5.75 Å². The number of halogens is 1. The van der Waals surface area contributed by atoms with Crippen molar-refractivity contribution in [3.8, 4) is 0 Å². The smallest absolute Gasteiger partial charge is 0.243 e. The van der Waals surface area contributed by atoms with E-state index in [4.69, 9.17) is 0 Å². The van der Waals surface area contributed by atoms with Crippen molar-refractivity contribution in [1.29, 1.82) is 0 Å². The van der Waals surface area contributed by atoms with E-state index >= 15 is 0 Å². The van der Waals surface area contributed by atoms with Crippen LogP contribution in [0, 0.1) is 6.92 Å². The van der Waals surface area contributed by atoms with Crippen LogP contribution < -0.4 is 5.32 Å². The lowest BCUT2D eigenvalue weighted by molar-refractivity contribution is -0.140. The number of nitrogens with zero attached hydrogens (tertiary/aromatic N) is 1. The summed E-state index contributed by atoms with van der Waals surface area (Å²) in [5, 5.41) is 3.11. The van der Waals surface area contributed by atoms with Crippen LogP contribution in [0.4, 0.5) is 0 Å². The van der Waals surface area contributed by atoms with E-state index in [1.807, 2.05) is 75.4 Å². The molecular formula is C30H35BrN2O2S. The van der Waals surface area contributed by atoms with Crippen molar-refractivity contribution in [3.05, 3.63) is 106 Å². The summed E-state index contributed by atoms with van der Waals surface area (Å²) in [6.07, 6.45) is 0.450. The molecule has 0 bridgehead atoms. The normalized spacial score (nSPS) is 12.1. The topological polar surface area (TPSA) is 49.4 Å². The number of hydrogen-bond donors (Lipinski definition) is 1. The van der Waals surface area contributed by atoms with E-state index in [2.05, 4.69) is 52.4 Å². The minimum absolute atomic E-state index is 0.0444. The number of carbonyl (C=O) groups is 2. The summed E-state index contributed by atoms with van der Waals surface area (Å²) in [7, 11) is 0. The second-order valence-corrected chi connectivity index (χ2v) is 12.0. The Hall–Kier alpha value is -2.57. The maximum absolute atomic E-state index is 13.7. The molecule has 0 aliphatic heterocycles. The lowest BCUT2D eigenvalue weighted by Gasteiger charge is -2.34. The van der Waals surface area contributed by atoms with Gasteiger partial charge in [0.25, 0.3) is 0 Å². The monoisotopic (exact) mass is 566 g/mol. The quantitative estimate of drug-likeness (QED) is 0.303. The van der Waals surface area contributed by atoms with E-state index in [-0.39, 0.29) is 11.8 Å². The third kappa shape index (κ3) is 9.14. The number of nitrogens with one attached hydrogen (secondary N) is 1. The lowest BCUT2D eigenvalue weighted by Crippen LogP contribution is -2.54. The van der Waals surface area contributed by atoms with E-state index in [0.717, 1.165) is 21.4 Å². The van der Waals surface area contributed by atoms with Crippen LogP contribution in [0.25, 0.3) is 0 Å². The average molecular weight is 568 g/mol. The molecule has 0 radical (unpaired) electrons. The van der Waals surface area contributed by atoms with Crippen molar-refractivity contribution in [2.24, 2.45) is 0 Å². The Morgan fingerprint density at radius 3 is 2.22 bits per heavy atom. The first-order valence-electron chi connectivity index (χ1n) is 12.1. The molecule has 0 saturated carbocycles. The van der Waals surface area contributed by atoms with Gasteiger partial charge in [-0.3, -0.25) is 9.59 Å². The number of hydrogen-bond acceptors (Lipinski definition) is 3. The van der Waals surface area contributed by atoms with Crippen LogP contribution in [0.2, 0.25) is 0 Å². The Morgan fingerprint density at radius 1 is 0.917 bits per heavy atom. The van der Waals surface area contributed by atoms with E-state index < -0.39 is 11.6 Å². The largest absolute Gasteiger partial charge is 0.350 e. The Balaban J connectivity index is 1.86. The summed E-state index contributed by atoms with van der Waals surface area (Å²) in [5.74, 6) is 0.861. The third-order valence-corrected chi connectivity index (χ3v) is 7.11. The van der Waals surface area contributed by atoms with Crippen LogP contribution >= 0.6 is 27.7 Å². The van der Waals surface area contributed by atoms with Gasteiger partial charge in [0.2, 0.25) is 11.8 Å². The standard InChI is InChI=1S/C30H35BrN2O2S/c1-22-13-15-24(16-14-22)20-36-21-28(34)33(19-25-11-8-12-26(31)17-25)27(29(35)32-30(2,3)4)18-23-9-6-5-7-10-23/h5-17,27H,18-21H2,1-4H3,(H,32,35)/t27-/m0/s1. The second-order valence-electron chi connectivity index (χ2n) is 10.1. The number of aryl methyl sites for hydroxylation is 1. The third-order valence-electron chi connectivity index (χ3n) is 5.63. The molecule has 0 heterocycles. The molecule has 190 valence electrons. The summed E-state index contributed by atoms with van der Waals surface area (Å²) >= 11 is 5.11. The van der Waals surface area contributed by atoms with Crippen LogP contribution in [0.3, 0.4) is 0 Å². The Labute approximate surface area is 228 Å². The molecule has 1 N–H and O–H groups in total. The second kappa shape index (κ2) is 13.1. The highest BCUT2D eigenvalue weighted by Gasteiger charge is 2.32. The molecular weight excluding hydrogens is 532 g/mol. The van der Waals surface area contributed by atoms with Gasteiger partial charge < -0.3 is 10.2 Å². The molecule has 0 unspecified atom stereocenters. The highest BCUT2D eigenvalue weighted by atomic mass is 79.9. The van der Waals surface area contributed by atoms with Crippen LogP contribution in [-0.4, -0.2) is 34.0 Å². The zero-order chi connectivity index (χ0) is 26.1. The van der Waals surface area contributed by atoms with Crippen LogP contribution in [-0.2, 0) is 28.3 Å². The molecule has 36 heavy (non-hydrogen) atoms. The molecule has 4 nitrogen and oxygen atoms in total. The van der Waals surface area contributed by atoms with Crippen LogP contribution in [0.15, 0.2) is 83.3 Å². The maximum atomic E-state index is 13.7. The predicted molar refractivity (Wildman–Crippen MR) is 154 cm³/mol. The Bertz CT molecular complexity index is 1140. The van der Waals surface area contributed by atoms with Gasteiger partial charge in [-0.1, -0.05) is 88.2 Å². The zero-order valence-electron chi connectivity index (χ0n) is 21.5. The molecule has 6 heteroatoms. The minimum Gasteiger partial charge on any atom is -0.350 e. The number of carbonyl (C=O) groups excluding carboxylic acids is 2. The van der Waals surface area contributed by atoms with Crippen LogP contribution in [0.1, 0.15) is 43.0 Å². The summed E-state index contributed by atoms with van der Waals surface area (Å²) in [6.45, 7) is 8.31. The fourth-order valence-electron chi connectivity index (χ4n) is 3.86. The highest BCUT2D eigenvalue weighted by Crippen LogP contribution is 2.21. The van der Waals surface area contributed by atoms with Gasteiger partial charge in [0.1, 0.15) is 6.04 Å². The van der Waals surface area contributed by atoms with Gasteiger partial charge in [-0.2, -0.15) is 0 Å². The molecule has 0 aliphatic carbocycles. The van der Waals surface area contributed by atoms with E-state index in [1.54, 1.807) is 16.7 Å². The Morgan fingerprint density at radius 2 is 1.58 bits per heavy atom. The number of benzene rings is 3. The maximum Gasteiger partial charge on any atom is 0.243 e. The van der Waals surface area contributed by atoms with Crippen molar-refractivity contribution in [1.82, 2.24) is 10.2 Å². The van der Waals surface area contributed by atoms with Crippen LogP contribution in [0.5, 0.6) is 0 Å². The molecule has 3 aromatic carbocycles.